The van der Waals surface area contributed by atoms with Crippen molar-refractivity contribution in [1.82, 2.24) is 10.2 Å². The first kappa shape index (κ1) is 21.8. The van der Waals surface area contributed by atoms with Crippen molar-refractivity contribution in [2.75, 3.05) is 26.8 Å². The van der Waals surface area contributed by atoms with Gasteiger partial charge in [0.1, 0.15) is 0 Å². The van der Waals surface area contributed by atoms with E-state index >= 15 is 0 Å². The second kappa shape index (κ2) is 10.7. The minimum Gasteiger partial charge on any atom is -0.493 e. The van der Waals surface area contributed by atoms with E-state index in [2.05, 4.69) is 53.8 Å². The van der Waals surface area contributed by atoms with Gasteiger partial charge in [-0.3, -0.25) is 9.69 Å². The number of methoxy groups -OCH3 is 1. The first-order valence-electron chi connectivity index (χ1n) is 8.86. The molecule has 1 aromatic carbocycles. The first-order chi connectivity index (χ1) is 11.8. The van der Waals surface area contributed by atoms with Gasteiger partial charge < -0.3 is 14.8 Å². The van der Waals surface area contributed by atoms with Crippen molar-refractivity contribution in [3.63, 3.8) is 0 Å². The quantitative estimate of drug-likeness (QED) is 0.625. The van der Waals surface area contributed by atoms with Gasteiger partial charge in [0, 0.05) is 30.7 Å². The summed E-state index contributed by atoms with van der Waals surface area (Å²) in [6.45, 7) is 12.7. The highest BCUT2D eigenvalue weighted by molar-refractivity contribution is 9.10. The summed E-state index contributed by atoms with van der Waals surface area (Å²) in [6, 6.07) is 4.38. The molecule has 25 heavy (non-hydrogen) atoms. The molecule has 0 heterocycles. The van der Waals surface area contributed by atoms with Crippen molar-refractivity contribution in [1.29, 1.82) is 0 Å². The molecule has 6 heteroatoms. The zero-order valence-electron chi connectivity index (χ0n) is 16.2. The van der Waals surface area contributed by atoms with Crippen LogP contribution >= 0.6 is 15.9 Å². The maximum absolute atomic E-state index is 12.5. The standard InChI is InChI=1S/C19H31BrN2O3/c1-7-10-25-18-16(20)11-15(12-17(18)24-6)19(23)21-8-9-22(13(2)3)14(4)5/h11-14H,7-10H2,1-6H3,(H,21,23). The fourth-order valence-electron chi connectivity index (χ4n) is 2.71. The van der Waals surface area contributed by atoms with Crippen LogP contribution in [0.3, 0.4) is 0 Å². The molecule has 1 amide bonds. The third-order valence-electron chi connectivity index (χ3n) is 3.92. The average Bonchev–Trinajstić information content (AvgIpc) is 2.55. The van der Waals surface area contributed by atoms with E-state index in [-0.39, 0.29) is 5.91 Å². The van der Waals surface area contributed by atoms with Gasteiger partial charge in [-0.05, 0) is 62.2 Å². The Labute approximate surface area is 160 Å². The van der Waals surface area contributed by atoms with Crippen molar-refractivity contribution in [3.05, 3.63) is 22.2 Å². The molecule has 0 saturated carbocycles. The molecule has 1 rings (SSSR count). The van der Waals surface area contributed by atoms with E-state index in [0.29, 0.717) is 42.3 Å². The maximum atomic E-state index is 12.5. The molecule has 1 aromatic rings. The predicted molar refractivity (Wildman–Crippen MR) is 106 cm³/mol. The van der Waals surface area contributed by atoms with Gasteiger partial charge in [0.15, 0.2) is 11.5 Å². The highest BCUT2D eigenvalue weighted by Crippen LogP contribution is 2.36. The van der Waals surface area contributed by atoms with Crippen LogP contribution in [-0.4, -0.2) is 49.7 Å². The average molecular weight is 415 g/mol. The largest absolute Gasteiger partial charge is 0.493 e. The minimum atomic E-state index is -0.117. The second-order valence-corrected chi connectivity index (χ2v) is 7.37. The summed E-state index contributed by atoms with van der Waals surface area (Å²) < 4.78 is 11.8. The van der Waals surface area contributed by atoms with Crippen molar-refractivity contribution < 1.29 is 14.3 Å². The SMILES string of the molecule is CCCOc1c(Br)cc(C(=O)NCCN(C(C)C)C(C)C)cc1OC. The molecule has 0 radical (unpaired) electrons. The Hall–Kier alpha value is -1.27. The third-order valence-corrected chi connectivity index (χ3v) is 4.51. The molecule has 0 spiro atoms. The second-order valence-electron chi connectivity index (χ2n) is 6.52. The number of nitrogens with zero attached hydrogens (tertiary/aromatic N) is 1. The lowest BCUT2D eigenvalue weighted by Gasteiger charge is -2.30. The first-order valence-corrected chi connectivity index (χ1v) is 9.65. The molecule has 0 bridgehead atoms. The van der Waals surface area contributed by atoms with Crippen molar-refractivity contribution in [3.8, 4) is 11.5 Å². The van der Waals surface area contributed by atoms with E-state index < -0.39 is 0 Å². The monoisotopic (exact) mass is 414 g/mol. The summed E-state index contributed by atoms with van der Waals surface area (Å²) in [5.41, 5.74) is 0.549. The molecule has 0 aliphatic carbocycles. The number of hydrogen-bond donors (Lipinski definition) is 1. The lowest BCUT2D eigenvalue weighted by atomic mass is 10.2. The summed E-state index contributed by atoms with van der Waals surface area (Å²) in [6.07, 6.45) is 0.903. The molecule has 0 unspecified atom stereocenters. The van der Waals surface area contributed by atoms with E-state index in [1.165, 1.54) is 0 Å². The number of halogens is 1. The summed E-state index contributed by atoms with van der Waals surface area (Å²) in [4.78, 5) is 14.8. The number of rotatable bonds is 10. The van der Waals surface area contributed by atoms with Crippen LogP contribution in [0.15, 0.2) is 16.6 Å². The third kappa shape index (κ3) is 6.51. The number of amides is 1. The van der Waals surface area contributed by atoms with Crippen LogP contribution in [0, 0.1) is 0 Å². The molecule has 0 atom stereocenters. The van der Waals surface area contributed by atoms with Gasteiger partial charge in [-0.15, -0.1) is 0 Å². The fourth-order valence-corrected chi connectivity index (χ4v) is 3.26. The number of benzene rings is 1. The highest BCUT2D eigenvalue weighted by atomic mass is 79.9. The van der Waals surface area contributed by atoms with Crippen LogP contribution in [0.1, 0.15) is 51.4 Å². The molecule has 142 valence electrons. The molecule has 0 aliphatic heterocycles. The zero-order valence-corrected chi connectivity index (χ0v) is 17.8. The molecule has 1 N–H and O–H groups in total. The van der Waals surface area contributed by atoms with Crippen LogP contribution < -0.4 is 14.8 Å². The Kier molecular flexibility index (Phi) is 9.28. The fraction of sp³-hybridized carbons (Fsp3) is 0.632. The molecule has 0 fully saturated rings. The number of carbonyl (C=O) groups excluding carboxylic acids is 1. The Balaban J connectivity index is 2.77. The van der Waals surface area contributed by atoms with E-state index in [1.54, 1.807) is 19.2 Å². The molecule has 5 nitrogen and oxygen atoms in total. The van der Waals surface area contributed by atoms with Gasteiger partial charge in [0.05, 0.1) is 18.2 Å². The van der Waals surface area contributed by atoms with Gasteiger partial charge in [-0.2, -0.15) is 0 Å². The van der Waals surface area contributed by atoms with Crippen LogP contribution in [0.5, 0.6) is 11.5 Å². The normalized spacial score (nSPS) is 11.3. The number of carbonyl (C=O) groups is 1. The lowest BCUT2D eigenvalue weighted by Crippen LogP contribution is -2.42. The predicted octanol–water partition coefficient (Wildman–Crippen LogP) is 4.10. The summed E-state index contributed by atoms with van der Waals surface area (Å²) >= 11 is 3.47. The molecular weight excluding hydrogens is 384 g/mol. The highest BCUT2D eigenvalue weighted by Gasteiger charge is 2.17. The topological polar surface area (TPSA) is 50.8 Å². The Morgan fingerprint density at radius 2 is 1.88 bits per heavy atom. The van der Waals surface area contributed by atoms with Crippen molar-refractivity contribution in [2.24, 2.45) is 0 Å². The Morgan fingerprint density at radius 3 is 2.40 bits per heavy atom. The van der Waals surface area contributed by atoms with E-state index in [0.717, 1.165) is 17.4 Å². The van der Waals surface area contributed by atoms with Crippen LogP contribution in [0.25, 0.3) is 0 Å². The molecule has 0 aliphatic rings. The molecule has 0 saturated heterocycles. The van der Waals surface area contributed by atoms with Crippen molar-refractivity contribution >= 4 is 21.8 Å². The number of ether oxygens (including phenoxy) is 2. The molecular formula is C19H31BrN2O3. The Morgan fingerprint density at radius 1 is 1.24 bits per heavy atom. The van der Waals surface area contributed by atoms with Crippen molar-refractivity contribution in [2.45, 2.75) is 53.1 Å². The number of nitrogens with one attached hydrogen (secondary N) is 1. The summed E-state index contributed by atoms with van der Waals surface area (Å²) in [5, 5.41) is 2.98. The maximum Gasteiger partial charge on any atom is 0.251 e. The Bertz CT molecular complexity index is 554. The van der Waals surface area contributed by atoms with Gasteiger partial charge in [-0.1, -0.05) is 6.92 Å². The van der Waals surface area contributed by atoms with Gasteiger partial charge in [-0.25, -0.2) is 0 Å². The molecule has 0 aromatic heterocycles. The van der Waals surface area contributed by atoms with E-state index in [9.17, 15) is 4.79 Å². The van der Waals surface area contributed by atoms with E-state index in [1.807, 2.05) is 6.92 Å². The summed E-state index contributed by atoms with van der Waals surface area (Å²) in [7, 11) is 1.57. The van der Waals surface area contributed by atoms with Gasteiger partial charge in [0.2, 0.25) is 0 Å². The van der Waals surface area contributed by atoms with E-state index in [4.69, 9.17) is 9.47 Å². The number of hydrogen-bond acceptors (Lipinski definition) is 4. The smallest absolute Gasteiger partial charge is 0.251 e. The lowest BCUT2D eigenvalue weighted by molar-refractivity contribution is 0.0939. The summed E-state index contributed by atoms with van der Waals surface area (Å²) in [5.74, 6) is 1.07. The van der Waals surface area contributed by atoms with Crippen LogP contribution in [0.2, 0.25) is 0 Å². The van der Waals surface area contributed by atoms with Gasteiger partial charge >= 0.3 is 0 Å². The van der Waals surface area contributed by atoms with Gasteiger partial charge in [0.25, 0.3) is 5.91 Å². The van der Waals surface area contributed by atoms with Crippen LogP contribution in [0.4, 0.5) is 0 Å². The zero-order chi connectivity index (χ0) is 19.0. The minimum absolute atomic E-state index is 0.117. The van der Waals surface area contributed by atoms with Crippen LogP contribution in [-0.2, 0) is 0 Å².